The smallest absolute Gasteiger partial charge is 0.748 e. The molecule has 0 bridgehead atoms. The Kier molecular flexibility index (Phi) is 25.2. The molecule has 0 aromatic heterocycles. The molecule has 0 radical (unpaired) electrons. The van der Waals surface area contributed by atoms with E-state index in [1.165, 1.54) is 0 Å². The second-order valence-corrected chi connectivity index (χ2v) is 6.28. The molecule has 6 nitrogen and oxygen atoms in total. The first kappa shape index (κ1) is 28.6. The van der Waals surface area contributed by atoms with Crippen LogP contribution in [0.3, 0.4) is 0 Å². The molecule has 100 valence electrons. The van der Waals surface area contributed by atoms with E-state index in [-0.39, 0.29) is 92.4 Å². The van der Waals surface area contributed by atoms with Gasteiger partial charge in [0.25, 0.3) is 0 Å². The summed E-state index contributed by atoms with van der Waals surface area (Å²) in [7, 11) is -7.87. The van der Waals surface area contributed by atoms with Crippen LogP contribution in [0.5, 0.6) is 0 Å². The maximum Gasteiger partial charge on any atom is 1.00 e. The summed E-state index contributed by atoms with van der Waals surface area (Å²) in [5, 5.41) is 0. The number of rotatable bonds is 6. The van der Waals surface area contributed by atoms with Crippen LogP contribution in [0.4, 0.5) is 0 Å². The maximum absolute atomic E-state index is 9.83. The van der Waals surface area contributed by atoms with Crippen LogP contribution in [0.15, 0.2) is 0 Å². The molecule has 0 fully saturated rings. The van der Waals surface area contributed by atoms with Gasteiger partial charge in [0.15, 0.2) is 0 Å². The van der Waals surface area contributed by atoms with Crippen LogP contribution in [0.2, 0.25) is 0 Å². The molecular formula is C8H18KNaO6S2. The van der Waals surface area contributed by atoms with Crippen molar-refractivity contribution < 1.29 is 107 Å². The fraction of sp³-hybridized carbons (Fsp3) is 1.00. The van der Waals surface area contributed by atoms with Gasteiger partial charge in [0, 0.05) is 11.5 Å². The van der Waals surface area contributed by atoms with Crippen molar-refractivity contribution >= 4 is 20.2 Å². The molecule has 0 amide bonds. The molecule has 0 aliphatic heterocycles. The quantitative estimate of drug-likeness (QED) is 0.353. The third-order valence-corrected chi connectivity index (χ3v) is 3.07. The summed E-state index contributed by atoms with van der Waals surface area (Å²) >= 11 is 0. The molecule has 0 rings (SSSR count). The van der Waals surface area contributed by atoms with Crippen molar-refractivity contribution in [3.63, 3.8) is 0 Å². The Morgan fingerprint density at radius 1 is 0.778 bits per heavy atom. The summed E-state index contributed by atoms with van der Waals surface area (Å²) in [6.45, 7) is 3.68. The number of unbranched alkanes of at least 4 members (excludes halogenated alkanes) is 2. The second-order valence-electron chi connectivity index (χ2n) is 3.23. The first-order valence-electron chi connectivity index (χ1n) is 4.99. The van der Waals surface area contributed by atoms with Gasteiger partial charge >= 0.3 is 80.9 Å². The van der Waals surface area contributed by atoms with Gasteiger partial charge in [-0.25, -0.2) is 16.8 Å². The molecule has 10 heteroatoms. The Bertz CT molecular complexity index is 318. The average molecular weight is 336 g/mol. The van der Waals surface area contributed by atoms with Gasteiger partial charge in [0.05, 0.1) is 20.2 Å². The molecule has 0 heterocycles. The maximum atomic E-state index is 9.83. The van der Waals surface area contributed by atoms with E-state index in [1.54, 1.807) is 0 Å². The van der Waals surface area contributed by atoms with Gasteiger partial charge in [-0.15, -0.1) is 0 Å². The normalized spacial score (nSPS) is 10.4. The van der Waals surface area contributed by atoms with Crippen LogP contribution in [-0.2, 0) is 20.2 Å². The van der Waals surface area contributed by atoms with Gasteiger partial charge in [-0.3, -0.25) is 0 Å². The zero-order chi connectivity index (χ0) is 13.2. The molecule has 0 atom stereocenters. The molecule has 0 aromatic rings. The minimum Gasteiger partial charge on any atom is -0.748 e. The summed E-state index contributed by atoms with van der Waals surface area (Å²) in [6.07, 6.45) is 2.46. The van der Waals surface area contributed by atoms with Crippen LogP contribution in [0, 0.1) is 0 Å². The van der Waals surface area contributed by atoms with Gasteiger partial charge in [-0.05, 0) is 12.8 Å². The van der Waals surface area contributed by atoms with Gasteiger partial charge in [-0.1, -0.05) is 26.7 Å². The van der Waals surface area contributed by atoms with Crippen LogP contribution in [0.25, 0.3) is 0 Å². The van der Waals surface area contributed by atoms with E-state index in [0.29, 0.717) is 12.8 Å². The molecule has 0 aliphatic carbocycles. The van der Waals surface area contributed by atoms with Gasteiger partial charge < -0.3 is 9.11 Å². The largest absolute Gasteiger partial charge is 1.00 e. The van der Waals surface area contributed by atoms with Crippen molar-refractivity contribution in [2.75, 3.05) is 11.5 Å². The van der Waals surface area contributed by atoms with Crippen molar-refractivity contribution in [2.24, 2.45) is 0 Å². The van der Waals surface area contributed by atoms with E-state index in [4.69, 9.17) is 0 Å². The first-order valence-corrected chi connectivity index (χ1v) is 8.15. The van der Waals surface area contributed by atoms with Crippen molar-refractivity contribution in [3.8, 4) is 0 Å². The molecule has 0 saturated carbocycles. The van der Waals surface area contributed by atoms with Gasteiger partial charge in [0.1, 0.15) is 0 Å². The molecule has 0 aromatic carbocycles. The SMILES string of the molecule is CCCCS(=O)(=O)[O-].CCCCS(=O)(=O)[O-].[K+].[Na+]. The van der Waals surface area contributed by atoms with E-state index in [9.17, 15) is 25.9 Å². The Hall–Kier alpha value is 2.46. The van der Waals surface area contributed by atoms with Crippen LogP contribution >= 0.6 is 0 Å². The third-order valence-electron chi connectivity index (χ3n) is 1.50. The van der Waals surface area contributed by atoms with Crippen molar-refractivity contribution in [2.45, 2.75) is 39.5 Å². The molecule has 0 unspecified atom stereocenters. The minimum absolute atomic E-state index is 0. The van der Waals surface area contributed by atoms with E-state index in [0.717, 1.165) is 12.8 Å². The number of hydrogen-bond acceptors (Lipinski definition) is 6. The van der Waals surface area contributed by atoms with E-state index >= 15 is 0 Å². The Labute approximate surface area is 175 Å². The molecule has 0 N–H and O–H groups in total. The summed E-state index contributed by atoms with van der Waals surface area (Å²) in [4.78, 5) is 0. The van der Waals surface area contributed by atoms with Crippen molar-refractivity contribution in [1.82, 2.24) is 0 Å². The van der Waals surface area contributed by atoms with Crippen LogP contribution in [0.1, 0.15) is 39.5 Å². The Morgan fingerprint density at radius 3 is 1.06 bits per heavy atom. The van der Waals surface area contributed by atoms with Gasteiger partial charge in [-0.2, -0.15) is 0 Å². The molecule has 0 saturated heterocycles. The number of hydrogen-bond donors (Lipinski definition) is 0. The van der Waals surface area contributed by atoms with E-state index in [2.05, 4.69) is 0 Å². The predicted octanol–water partition coefficient (Wildman–Crippen LogP) is -5.33. The second kappa shape index (κ2) is 15.8. The van der Waals surface area contributed by atoms with Crippen LogP contribution < -0.4 is 80.9 Å². The van der Waals surface area contributed by atoms with E-state index < -0.39 is 20.2 Å². The first-order chi connectivity index (χ1) is 7.12. The average Bonchev–Trinajstić information content (AvgIpc) is 2.10. The zero-order valence-corrected chi connectivity index (χ0v) is 18.3. The Morgan fingerprint density at radius 2 is 1.00 bits per heavy atom. The summed E-state index contributed by atoms with van der Waals surface area (Å²) in [6, 6.07) is 0. The standard InChI is InChI=1S/2C4H10O3S.K.Na/c2*1-2-3-4-8(5,6)7;;/h2*2-4H2,1H3,(H,5,6,7);;/q;;2*+1/p-2. The van der Waals surface area contributed by atoms with Crippen molar-refractivity contribution in [1.29, 1.82) is 0 Å². The molecular weight excluding hydrogens is 318 g/mol. The summed E-state index contributed by atoms with van der Waals surface area (Å²) in [5.41, 5.74) is 0. The summed E-state index contributed by atoms with van der Waals surface area (Å²) in [5.74, 6) is -0.438. The predicted molar refractivity (Wildman–Crippen MR) is 58.9 cm³/mol. The monoisotopic (exact) mass is 336 g/mol. The molecule has 18 heavy (non-hydrogen) atoms. The van der Waals surface area contributed by atoms with Gasteiger partial charge in [0.2, 0.25) is 0 Å². The Balaban J connectivity index is -0.0000000980. The summed E-state index contributed by atoms with van der Waals surface area (Å²) < 4.78 is 59.0. The minimum atomic E-state index is -3.94. The fourth-order valence-corrected chi connectivity index (χ4v) is 1.93. The zero-order valence-electron chi connectivity index (χ0n) is 11.5. The topological polar surface area (TPSA) is 114 Å². The van der Waals surface area contributed by atoms with Crippen molar-refractivity contribution in [3.05, 3.63) is 0 Å². The van der Waals surface area contributed by atoms with E-state index in [1.807, 2.05) is 13.8 Å². The third kappa shape index (κ3) is 36.2. The molecule has 0 aliphatic rings. The molecule has 0 spiro atoms. The fourth-order valence-electron chi connectivity index (χ4n) is 0.642. The van der Waals surface area contributed by atoms with Crippen LogP contribution in [-0.4, -0.2) is 37.4 Å².